The first-order valence-corrected chi connectivity index (χ1v) is 8.09. The van der Waals surface area contributed by atoms with Crippen molar-refractivity contribution in [2.45, 2.75) is 42.9 Å². The standard InChI is InChI=1S/C15H22F2N2S/c1-2-19-10-3-4-12(9-11-19)18-13-5-7-14(8-6-13)20-15(16)17/h5-8,12,15,18H,2-4,9-11H2,1H3. The Labute approximate surface area is 123 Å². The van der Waals surface area contributed by atoms with Crippen molar-refractivity contribution in [1.29, 1.82) is 0 Å². The molecule has 5 heteroatoms. The van der Waals surface area contributed by atoms with Gasteiger partial charge in [0.15, 0.2) is 0 Å². The summed E-state index contributed by atoms with van der Waals surface area (Å²) in [5, 5.41) is 3.52. The molecule has 0 aromatic heterocycles. The normalized spacial score (nSPS) is 20.9. The Kier molecular flexibility index (Phi) is 6.10. The molecule has 0 spiro atoms. The number of halogens is 2. The number of hydrogen-bond donors (Lipinski definition) is 1. The van der Waals surface area contributed by atoms with Crippen LogP contribution in [-0.2, 0) is 0 Å². The molecule has 1 saturated heterocycles. The van der Waals surface area contributed by atoms with E-state index in [4.69, 9.17) is 0 Å². The summed E-state index contributed by atoms with van der Waals surface area (Å²) in [7, 11) is 0. The number of anilines is 1. The van der Waals surface area contributed by atoms with Gasteiger partial charge >= 0.3 is 0 Å². The number of hydrogen-bond acceptors (Lipinski definition) is 3. The molecule has 2 nitrogen and oxygen atoms in total. The molecule has 1 aliphatic heterocycles. The minimum Gasteiger partial charge on any atom is -0.382 e. The van der Waals surface area contributed by atoms with Crippen molar-refractivity contribution in [2.24, 2.45) is 0 Å². The van der Waals surface area contributed by atoms with Crippen LogP contribution in [0.25, 0.3) is 0 Å². The molecule has 20 heavy (non-hydrogen) atoms. The maximum absolute atomic E-state index is 12.3. The summed E-state index contributed by atoms with van der Waals surface area (Å²) in [6.07, 6.45) is 3.52. The number of nitrogens with zero attached hydrogens (tertiary/aromatic N) is 1. The molecule has 1 atom stereocenters. The van der Waals surface area contributed by atoms with Crippen LogP contribution in [0.5, 0.6) is 0 Å². The summed E-state index contributed by atoms with van der Waals surface area (Å²) < 4.78 is 24.5. The molecule has 2 rings (SSSR count). The zero-order valence-corrected chi connectivity index (χ0v) is 12.6. The molecule has 1 unspecified atom stereocenters. The Morgan fingerprint density at radius 1 is 1.25 bits per heavy atom. The molecule has 0 amide bonds. The van der Waals surface area contributed by atoms with E-state index < -0.39 is 5.76 Å². The lowest BCUT2D eigenvalue weighted by molar-refractivity contribution is 0.252. The Balaban J connectivity index is 1.86. The predicted octanol–water partition coefficient (Wildman–Crippen LogP) is 4.29. The first kappa shape index (κ1) is 15.6. The SMILES string of the molecule is CCN1CCCC(Nc2ccc(SC(F)F)cc2)CC1. The number of benzene rings is 1. The lowest BCUT2D eigenvalue weighted by Crippen LogP contribution is -2.26. The van der Waals surface area contributed by atoms with Crippen LogP contribution in [0.3, 0.4) is 0 Å². The highest BCUT2D eigenvalue weighted by atomic mass is 32.2. The second-order valence-electron chi connectivity index (χ2n) is 5.11. The van der Waals surface area contributed by atoms with Crippen molar-refractivity contribution in [3.05, 3.63) is 24.3 Å². The van der Waals surface area contributed by atoms with Gasteiger partial charge in [-0.3, -0.25) is 0 Å². The van der Waals surface area contributed by atoms with Crippen LogP contribution in [0.1, 0.15) is 26.2 Å². The van der Waals surface area contributed by atoms with Gasteiger partial charge in [-0.1, -0.05) is 18.7 Å². The Hall–Kier alpha value is -0.810. The van der Waals surface area contributed by atoms with Gasteiger partial charge in [-0.25, -0.2) is 0 Å². The predicted molar refractivity (Wildman–Crippen MR) is 81.7 cm³/mol. The molecule has 1 fully saturated rings. The number of thioether (sulfide) groups is 1. The van der Waals surface area contributed by atoms with Crippen molar-refractivity contribution in [3.63, 3.8) is 0 Å². The van der Waals surface area contributed by atoms with E-state index in [9.17, 15) is 8.78 Å². The smallest absolute Gasteiger partial charge is 0.288 e. The molecule has 0 bridgehead atoms. The fourth-order valence-electron chi connectivity index (χ4n) is 2.58. The van der Waals surface area contributed by atoms with E-state index in [1.54, 1.807) is 12.1 Å². The van der Waals surface area contributed by atoms with Crippen molar-refractivity contribution in [1.82, 2.24) is 4.90 Å². The summed E-state index contributed by atoms with van der Waals surface area (Å²) in [5.41, 5.74) is 1.03. The largest absolute Gasteiger partial charge is 0.382 e. The third kappa shape index (κ3) is 4.94. The molecule has 0 radical (unpaired) electrons. The highest BCUT2D eigenvalue weighted by Gasteiger charge is 2.15. The topological polar surface area (TPSA) is 15.3 Å². The van der Waals surface area contributed by atoms with Crippen LogP contribution >= 0.6 is 11.8 Å². The molecule has 1 N–H and O–H groups in total. The lowest BCUT2D eigenvalue weighted by Gasteiger charge is -2.19. The summed E-state index contributed by atoms with van der Waals surface area (Å²) in [5.74, 6) is -2.35. The number of rotatable bonds is 5. The maximum atomic E-state index is 12.3. The van der Waals surface area contributed by atoms with E-state index in [1.807, 2.05) is 12.1 Å². The molecule has 0 aliphatic carbocycles. The minimum atomic E-state index is -2.35. The average Bonchev–Trinajstić information content (AvgIpc) is 2.65. The van der Waals surface area contributed by atoms with Crippen LogP contribution in [0.2, 0.25) is 0 Å². The fourth-order valence-corrected chi connectivity index (χ4v) is 3.08. The number of likely N-dealkylation sites (tertiary alicyclic amines) is 1. The Bertz CT molecular complexity index is 397. The van der Waals surface area contributed by atoms with Gasteiger partial charge in [0.25, 0.3) is 5.76 Å². The maximum Gasteiger partial charge on any atom is 0.288 e. The Morgan fingerprint density at radius 3 is 2.65 bits per heavy atom. The van der Waals surface area contributed by atoms with Gasteiger partial charge in [-0.2, -0.15) is 8.78 Å². The lowest BCUT2D eigenvalue weighted by atomic mass is 10.1. The van der Waals surface area contributed by atoms with Crippen molar-refractivity contribution < 1.29 is 8.78 Å². The number of nitrogens with one attached hydrogen (secondary N) is 1. The van der Waals surface area contributed by atoms with Crippen LogP contribution in [0.15, 0.2) is 29.2 Å². The first-order valence-electron chi connectivity index (χ1n) is 7.21. The molecule has 112 valence electrons. The van der Waals surface area contributed by atoms with E-state index in [-0.39, 0.29) is 0 Å². The Morgan fingerprint density at radius 2 is 2.00 bits per heavy atom. The third-order valence-electron chi connectivity index (χ3n) is 3.72. The average molecular weight is 300 g/mol. The van der Waals surface area contributed by atoms with Gasteiger partial charge in [0.2, 0.25) is 0 Å². The van der Waals surface area contributed by atoms with Gasteiger partial charge < -0.3 is 10.2 Å². The highest BCUT2D eigenvalue weighted by molar-refractivity contribution is 7.99. The molecule has 1 aromatic rings. The molecular formula is C15H22F2N2S. The summed E-state index contributed by atoms with van der Waals surface area (Å²) in [6, 6.07) is 7.79. The third-order valence-corrected chi connectivity index (χ3v) is 4.44. The fraction of sp³-hybridized carbons (Fsp3) is 0.600. The monoisotopic (exact) mass is 300 g/mol. The summed E-state index contributed by atoms with van der Waals surface area (Å²) in [4.78, 5) is 3.09. The van der Waals surface area contributed by atoms with Gasteiger partial charge in [-0.05, 0) is 56.6 Å². The zero-order chi connectivity index (χ0) is 14.4. The molecular weight excluding hydrogens is 278 g/mol. The van der Waals surface area contributed by atoms with Crippen LogP contribution in [-0.4, -0.2) is 36.3 Å². The first-order chi connectivity index (χ1) is 9.67. The van der Waals surface area contributed by atoms with E-state index in [0.717, 1.165) is 25.2 Å². The van der Waals surface area contributed by atoms with Crippen LogP contribution in [0.4, 0.5) is 14.5 Å². The van der Waals surface area contributed by atoms with Crippen molar-refractivity contribution in [3.8, 4) is 0 Å². The highest BCUT2D eigenvalue weighted by Crippen LogP contribution is 2.26. The van der Waals surface area contributed by atoms with Crippen molar-refractivity contribution in [2.75, 3.05) is 25.0 Å². The van der Waals surface area contributed by atoms with Gasteiger partial charge in [0, 0.05) is 23.2 Å². The van der Waals surface area contributed by atoms with Gasteiger partial charge in [-0.15, -0.1) is 0 Å². The van der Waals surface area contributed by atoms with E-state index >= 15 is 0 Å². The van der Waals surface area contributed by atoms with E-state index in [1.165, 1.54) is 19.4 Å². The van der Waals surface area contributed by atoms with Crippen LogP contribution < -0.4 is 5.32 Å². The zero-order valence-electron chi connectivity index (χ0n) is 11.8. The quantitative estimate of drug-likeness (QED) is 0.817. The van der Waals surface area contributed by atoms with E-state index in [0.29, 0.717) is 22.7 Å². The van der Waals surface area contributed by atoms with E-state index in [2.05, 4.69) is 17.1 Å². The second kappa shape index (κ2) is 7.84. The molecule has 1 heterocycles. The molecule has 0 saturated carbocycles. The van der Waals surface area contributed by atoms with Gasteiger partial charge in [0.05, 0.1) is 0 Å². The summed E-state index contributed by atoms with van der Waals surface area (Å²) >= 11 is 0.592. The second-order valence-corrected chi connectivity index (χ2v) is 6.17. The number of alkyl halides is 2. The van der Waals surface area contributed by atoms with Crippen LogP contribution in [0, 0.1) is 0 Å². The summed E-state index contributed by atoms with van der Waals surface area (Å²) in [6.45, 7) is 5.63. The minimum absolute atomic E-state index is 0.486. The van der Waals surface area contributed by atoms with Crippen molar-refractivity contribution >= 4 is 17.4 Å². The van der Waals surface area contributed by atoms with Gasteiger partial charge in [0.1, 0.15) is 0 Å². The molecule has 1 aliphatic rings. The molecule has 1 aromatic carbocycles.